The molecule has 3 aliphatic rings. The molecule has 0 aromatic carbocycles. The van der Waals surface area contributed by atoms with Crippen molar-refractivity contribution in [3.05, 3.63) is 46.5 Å². The average Bonchev–Trinajstić information content (AvgIpc) is 3.58. The summed E-state index contributed by atoms with van der Waals surface area (Å²) in [5, 5.41) is 13.5. The summed E-state index contributed by atoms with van der Waals surface area (Å²) in [7, 11) is 3.39. The number of methoxy groups -OCH3 is 1. The fourth-order valence-corrected chi connectivity index (χ4v) is 4.80. The van der Waals surface area contributed by atoms with Gasteiger partial charge in [-0.3, -0.25) is 9.59 Å². The van der Waals surface area contributed by atoms with Gasteiger partial charge < -0.3 is 30.0 Å². The van der Waals surface area contributed by atoms with Crippen LogP contribution in [0.3, 0.4) is 0 Å². The second kappa shape index (κ2) is 7.56. The molecule has 172 valence electrons. The largest absolute Gasteiger partial charge is 0.381 e. The van der Waals surface area contributed by atoms with E-state index in [0.717, 1.165) is 6.42 Å². The Morgan fingerprint density at radius 3 is 2.85 bits per heavy atom. The Morgan fingerprint density at radius 2 is 2.12 bits per heavy atom. The van der Waals surface area contributed by atoms with E-state index in [1.807, 2.05) is 12.3 Å². The zero-order valence-corrected chi connectivity index (χ0v) is 18.3. The molecular formula is C22H25N7O4. The summed E-state index contributed by atoms with van der Waals surface area (Å²) >= 11 is 0. The molecule has 2 saturated carbocycles. The molecule has 11 heteroatoms. The number of anilines is 3. The minimum atomic E-state index is -0.259. The monoisotopic (exact) mass is 451 g/mol. The van der Waals surface area contributed by atoms with Crippen LogP contribution in [0.1, 0.15) is 22.8 Å². The second-order valence-corrected chi connectivity index (χ2v) is 8.78. The maximum absolute atomic E-state index is 13.1. The van der Waals surface area contributed by atoms with Crippen molar-refractivity contribution in [3.63, 3.8) is 0 Å². The first-order valence-electron chi connectivity index (χ1n) is 11.0. The number of fused-ring (bicyclic) bond motifs is 2. The van der Waals surface area contributed by atoms with Gasteiger partial charge in [0, 0.05) is 44.3 Å². The van der Waals surface area contributed by atoms with E-state index >= 15 is 0 Å². The molecule has 0 radical (unpaired) electrons. The van der Waals surface area contributed by atoms with Gasteiger partial charge in [0.1, 0.15) is 22.9 Å². The number of hydrogen-bond acceptors (Lipinski definition) is 8. The molecule has 1 amide bonds. The van der Waals surface area contributed by atoms with Crippen LogP contribution < -0.4 is 21.5 Å². The van der Waals surface area contributed by atoms with Gasteiger partial charge in [0.15, 0.2) is 5.65 Å². The van der Waals surface area contributed by atoms with Gasteiger partial charge in [-0.1, -0.05) is 0 Å². The quantitative estimate of drug-likeness (QED) is 0.486. The first-order chi connectivity index (χ1) is 16.1. The number of carbonyl (C=O) groups is 1. The van der Waals surface area contributed by atoms with E-state index in [1.165, 1.54) is 6.20 Å². The number of nitrogens with one attached hydrogen (secondary N) is 3. The Balaban J connectivity index is 1.31. The van der Waals surface area contributed by atoms with E-state index < -0.39 is 0 Å². The van der Waals surface area contributed by atoms with Gasteiger partial charge in [0.2, 0.25) is 0 Å². The molecular weight excluding hydrogens is 426 g/mol. The highest BCUT2D eigenvalue weighted by Crippen LogP contribution is 2.53. The zero-order valence-electron chi connectivity index (χ0n) is 18.3. The lowest BCUT2D eigenvalue weighted by Gasteiger charge is -2.13. The summed E-state index contributed by atoms with van der Waals surface area (Å²) in [5.41, 5.74) is 1.07. The fourth-order valence-electron chi connectivity index (χ4n) is 4.80. The number of amides is 1. The minimum absolute atomic E-state index is 0.00219. The topological polar surface area (TPSA) is 124 Å². The highest BCUT2D eigenvalue weighted by molar-refractivity contribution is 6.00. The van der Waals surface area contributed by atoms with Gasteiger partial charge in [-0.15, -0.1) is 0 Å². The summed E-state index contributed by atoms with van der Waals surface area (Å²) in [6.45, 7) is 1.42. The molecule has 4 heterocycles. The van der Waals surface area contributed by atoms with Crippen LogP contribution in [0, 0.1) is 11.8 Å². The standard InChI is InChI=1S/C22H25N7O4/c1-23-18-7-17(25-14-4-3-5-28(22(14)31)19-12-9-33-10-13(12)19)27-20-11(8-24-29(18)20)21(30)26-15-6-16(15)32-2/h3-5,7-8,12-13,15-16,19,23H,6,9-10H2,1-2H3,(H,25,27)(H,26,30)/t12-,13+,15?,16-,19+/m0/s1. The van der Waals surface area contributed by atoms with Crippen molar-refractivity contribution in [2.75, 3.05) is 38.0 Å². The van der Waals surface area contributed by atoms with Gasteiger partial charge in [-0.2, -0.15) is 9.61 Å². The molecule has 3 aromatic rings. The van der Waals surface area contributed by atoms with Gasteiger partial charge in [-0.25, -0.2) is 4.98 Å². The van der Waals surface area contributed by atoms with E-state index in [-0.39, 0.29) is 29.7 Å². The molecule has 2 aliphatic carbocycles. The SMILES string of the molecule is CNc1cc(Nc2cccn([C@H]3[C@@H]4COC[C@@H]43)c2=O)nc2c(C(=O)NC3C[C@@H]3OC)cnn12. The van der Waals surface area contributed by atoms with E-state index in [0.29, 0.717) is 53.6 Å². The average molecular weight is 451 g/mol. The Hall–Kier alpha value is -3.44. The number of carbonyl (C=O) groups excluding carboxylic acids is 1. The zero-order chi connectivity index (χ0) is 22.7. The van der Waals surface area contributed by atoms with E-state index in [2.05, 4.69) is 26.0 Å². The lowest BCUT2D eigenvalue weighted by atomic mass is 10.3. The van der Waals surface area contributed by atoms with E-state index in [9.17, 15) is 9.59 Å². The molecule has 0 spiro atoms. The van der Waals surface area contributed by atoms with Gasteiger partial charge in [0.25, 0.3) is 11.5 Å². The number of pyridine rings is 1. The lowest BCUT2D eigenvalue weighted by Crippen LogP contribution is -2.28. The van der Waals surface area contributed by atoms with Crippen LogP contribution in [-0.4, -0.2) is 64.6 Å². The van der Waals surface area contributed by atoms with Crippen LogP contribution in [0.15, 0.2) is 35.4 Å². The Labute approximate surface area is 189 Å². The molecule has 1 saturated heterocycles. The highest BCUT2D eigenvalue weighted by atomic mass is 16.5. The summed E-state index contributed by atoms with van der Waals surface area (Å²) < 4.78 is 14.1. The summed E-state index contributed by atoms with van der Waals surface area (Å²) in [6, 6.07) is 5.54. The highest BCUT2D eigenvalue weighted by Gasteiger charge is 2.55. The Kier molecular flexibility index (Phi) is 4.63. The first kappa shape index (κ1) is 20.2. The van der Waals surface area contributed by atoms with Crippen molar-refractivity contribution in [2.24, 2.45) is 11.8 Å². The van der Waals surface area contributed by atoms with Crippen LogP contribution >= 0.6 is 0 Å². The number of aromatic nitrogens is 4. The first-order valence-corrected chi connectivity index (χ1v) is 11.0. The van der Waals surface area contributed by atoms with Crippen molar-refractivity contribution >= 4 is 28.9 Å². The maximum Gasteiger partial charge on any atom is 0.274 e. The van der Waals surface area contributed by atoms with Crippen LogP contribution in [-0.2, 0) is 9.47 Å². The maximum atomic E-state index is 13.1. The fraction of sp³-hybridized carbons (Fsp3) is 0.455. The smallest absolute Gasteiger partial charge is 0.274 e. The number of nitrogens with zero attached hydrogens (tertiary/aromatic N) is 4. The van der Waals surface area contributed by atoms with Crippen molar-refractivity contribution in [3.8, 4) is 0 Å². The lowest BCUT2D eigenvalue weighted by molar-refractivity contribution is 0.0936. The van der Waals surface area contributed by atoms with Crippen LogP contribution in [0.5, 0.6) is 0 Å². The van der Waals surface area contributed by atoms with Gasteiger partial charge >= 0.3 is 0 Å². The van der Waals surface area contributed by atoms with Crippen LogP contribution in [0.4, 0.5) is 17.3 Å². The predicted molar refractivity (Wildman–Crippen MR) is 120 cm³/mol. The number of ether oxygens (including phenoxy) is 2. The van der Waals surface area contributed by atoms with Crippen molar-refractivity contribution in [1.82, 2.24) is 24.5 Å². The Morgan fingerprint density at radius 1 is 1.30 bits per heavy atom. The number of hydrogen-bond donors (Lipinski definition) is 3. The van der Waals surface area contributed by atoms with E-state index in [1.54, 1.807) is 35.4 Å². The summed E-state index contributed by atoms with van der Waals surface area (Å²) in [5.74, 6) is 1.65. The van der Waals surface area contributed by atoms with Gasteiger partial charge in [0.05, 0.1) is 31.6 Å². The van der Waals surface area contributed by atoms with Gasteiger partial charge in [-0.05, 0) is 18.6 Å². The van der Waals surface area contributed by atoms with Crippen LogP contribution in [0.25, 0.3) is 5.65 Å². The molecule has 0 bridgehead atoms. The molecule has 1 aliphatic heterocycles. The summed E-state index contributed by atoms with van der Waals surface area (Å²) in [4.78, 5) is 30.6. The molecule has 1 unspecified atom stereocenters. The molecule has 6 rings (SSSR count). The van der Waals surface area contributed by atoms with Crippen LogP contribution in [0.2, 0.25) is 0 Å². The molecule has 33 heavy (non-hydrogen) atoms. The van der Waals surface area contributed by atoms with Crippen molar-refractivity contribution < 1.29 is 14.3 Å². The van der Waals surface area contributed by atoms with Crippen molar-refractivity contribution in [2.45, 2.75) is 24.6 Å². The van der Waals surface area contributed by atoms with E-state index in [4.69, 9.17) is 9.47 Å². The minimum Gasteiger partial charge on any atom is -0.381 e. The molecule has 3 aromatic heterocycles. The molecule has 11 nitrogen and oxygen atoms in total. The second-order valence-electron chi connectivity index (χ2n) is 8.78. The number of rotatable bonds is 7. The summed E-state index contributed by atoms with van der Waals surface area (Å²) in [6.07, 6.45) is 4.16. The normalized spacial score (nSPS) is 27.3. The van der Waals surface area contributed by atoms with Crippen molar-refractivity contribution in [1.29, 1.82) is 0 Å². The molecule has 5 atom stereocenters. The Bertz CT molecular complexity index is 1290. The third kappa shape index (κ3) is 3.35. The third-order valence-electron chi connectivity index (χ3n) is 6.79. The third-order valence-corrected chi connectivity index (χ3v) is 6.79. The molecule has 3 N–H and O–H groups in total. The predicted octanol–water partition coefficient (Wildman–Crippen LogP) is 1.01. The molecule has 3 fully saturated rings.